The molecule has 0 atom stereocenters. The molecular formula is C16H16N4O3S. The lowest BCUT2D eigenvalue weighted by atomic mass is 10.1. The third-order valence-corrected chi connectivity index (χ3v) is 3.99. The number of ether oxygens (including phenoxy) is 1. The van der Waals surface area contributed by atoms with Gasteiger partial charge in [-0.1, -0.05) is 34.2 Å². The summed E-state index contributed by atoms with van der Waals surface area (Å²) in [5.74, 6) is 1.86. The van der Waals surface area contributed by atoms with E-state index in [2.05, 4.69) is 20.3 Å². The summed E-state index contributed by atoms with van der Waals surface area (Å²) < 4.78 is 5.92. The molecule has 0 aliphatic carbocycles. The molecule has 24 heavy (non-hydrogen) atoms. The van der Waals surface area contributed by atoms with Crippen LogP contribution in [-0.2, 0) is 9.68 Å². The van der Waals surface area contributed by atoms with Gasteiger partial charge in [0.2, 0.25) is 5.88 Å². The van der Waals surface area contributed by atoms with E-state index in [-0.39, 0.29) is 0 Å². The van der Waals surface area contributed by atoms with Crippen molar-refractivity contribution in [3.8, 4) is 11.6 Å². The van der Waals surface area contributed by atoms with Gasteiger partial charge in [0.15, 0.2) is 5.04 Å². The van der Waals surface area contributed by atoms with Crippen molar-refractivity contribution in [3.05, 3.63) is 47.9 Å². The van der Waals surface area contributed by atoms with Crippen molar-refractivity contribution in [1.82, 2.24) is 9.97 Å². The lowest BCUT2D eigenvalue weighted by Crippen LogP contribution is -2.19. The van der Waals surface area contributed by atoms with E-state index in [1.165, 1.54) is 13.4 Å². The predicted octanol–water partition coefficient (Wildman–Crippen LogP) is 3.00. The third kappa shape index (κ3) is 3.83. The Morgan fingerprint density at radius 3 is 2.92 bits per heavy atom. The van der Waals surface area contributed by atoms with Crippen molar-refractivity contribution in [1.29, 1.82) is 0 Å². The first-order chi connectivity index (χ1) is 11.8. The van der Waals surface area contributed by atoms with Crippen molar-refractivity contribution >= 4 is 22.5 Å². The van der Waals surface area contributed by atoms with Crippen LogP contribution < -0.4 is 4.74 Å². The van der Waals surface area contributed by atoms with Crippen molar-refractivity contribution in [2.45, 2.75) is 6.92 Å². The van der Waals surface area contributed by atoms with Crippen LogP contribution in [0.5, 0.6) is 11.6 Å². The molecule has 1 aliphatic rings. The molecular weight excluding hydrogens is 328 g/mol. The molecule has 0 saturated carbocycles. The molecule has 0 spiro atoms. The molecule has 0 fully saturated rings. The summed E-state index contributed by atoms with van der Waals surface area (Å²) in [6.45, 7) is 2.45. The number of hydrogen-bond acceptors (Lipinski definition) is 8. The molecule has 8 heteroatoms. The van der Waals surface area contributed by atoms with Gasteiger partial charge < -0.3 is 14.4 Å². The van der Waals surface area contributed by atoms with Crippen molar-refractivity contribution in [2.75, 3.05) is 19.5 Å². The lowest BCUT2D eigenvalue weighted by Gasteiger charge is -2.15. The number of hydrogen-bond donors (Lipinski definition) is 0. The quantitative estimate of drug-likeness (QED) is 0.613. The van der Waals surface area contributed by atoms with E-state index >= 15 is 0 Å². The first-order valence-corrected chi connectivity index (χ1v) is 8.26. The Morgan fingerprint density at radius 2 is 2.17 bits per heavy atom. The normalized spacial score (nSPS) is 14.6. The van der Waals surface area contributed by atoms with E-state index in [1.807, 2.05) is 31.2 Å². The number of aromatic nitrogens is 2. The number of oxime groups is 2. The first-order valence-electron chi connectivity index (χ1n) is 7.28. The summed E-state index contributed by atoms with van der Waals surface area (Å²) in [7, 11) is 1.49. The predicted molar refractivity (Wildman–Crippen MR) is 92.7 cm³/mol. The maximum atomic E-state index is 5.92. The minimum absolute atomic E-state index is 0.459. The fourth-order valence-corrected chi connectivity index (χ4v) is 2.80. The monoisotopic (exact) mass is 344 g/mol. The summed E-state index contributed by atoms with van der Waals surface area (Å²) in [4.78, 5) is 18.4. The first kappa shape index (κ1) is 16.3. The second kappa shape index (κ2) is 7.78. The SMILES string of the molecule is CON=C(C1=NOCCS1)c1ccccc1Oc1cc(C)ncn1. The largest absolute Gasteiger partial charge is 0.438 e. The number of aryl methyl sites for hydroxylation is 1. The molecule has 0 saturated heterocycles. The topological polar surface area (TPSA) is 78.2 Å². The molecule has 0 unspecified atom stereocenters. The van der Waals surface area contributed by atoms with Crippen molar-refractivity contribution < 1.29 is 14.4 Å². The molecule has 2 heterocycles. The number of thioether (sulfide) groups is 1. The summed E-state index contributed by atoms with van der Waals surface area (Å²) in [5, 5.41) is 8.84. The van der Waals surface area contributed by atoms with Gasteiger partial charge in [-0.15, -0.1) is 0 Å². The van der Waals surface area contributed by atoms with E-state index in [4.69, 9.17) is 14.4 Å². The van der Waals surface area contributed by atoms with Gasteiger partial charge in [-0.05, 0) is 19.1 Å². The fourth-order valence-electron chi connectivity index (χ4n) is 2.06. The van der Waals surface area contributed by atoms with Crippen LogP contribution in [0.4, 0.5) is 0 Å². The van der Waals surface area contributed by atoms with Crippen LogP contribution in [0.15, 0.2) is 47.0 Å². The highest BCUT2D eigenvalue weighted by atomic mass is 32.2. The van der Waals surface area contributed by atoms with Crippen LogP contribution in [0.2, 0.25) is 0 Å². The zero-order valence-electron chi connectivity index (χ0n) is 13.3. The van der Waals surface area contributed by atoms with Crippen LogP contribution in [0.3, 0.4) is 0 Å². The summed E-state index contributed by atoms with van der Waals surface area (Å²) in [6, 6.07) is 9.27. The summed E-state index contributed by atoms with van der Waals surface area (Å²) >= 11 is 1.56. The highest BCUT2D eigenvalue weighted by Crippen LogP contribution is 2.27. The van der Waals surface area contributed by atoms with Gasteiger partial charge in [-0.25, -0.2) is 9.97 Å². The highest BCUT2D eigenvalue weighted by molar-refractivity contribution is 8.15. The zero-order valence-corrected chi connectivity index (χ0v) is 14.1. The van der Waals surface area contributed by atoms with Crippen LogP contribution in [-0.4, -0.2) is 40.2 Å². The molecule has 0 N–H and O–H groups in total. The van der Waals surface area contributed by atoms with E-state index < -0.39 is 0 Å². The second-order valence-corrected chi connectivity index (χ2v) is 5.88. The van der Waals surface area contributed by atoms with Crippen LogP contribution in [0, 0.1) is 6.92 Å². The molecule has 124 valence electrons. The van der Waals surface area contributed by atoms with Gasteiger partial charge in [-0.2, -0.15) is 0 Å². The zero-order chi connectivity index (χ0) is 16.8. The minimum atomic E-state index is 0.459. The maximum Gasteiger partial charge on any atom is 0.222 e. The molecule has 0 radical (unpaired) electrons. The fraction of sp³-hybridized carbons (Fsp3) is 0.250. The third-order valence-electron chi connectivity index (χ3n) is 3.08. The van der Waals surface area contributed by atoms with Crippen molar-refractivity contribution in [3.63, 3.8) is 0 Å². The number of nitrogens with zero attached hydrogens (tertiary/aromatic N) is 4. The van der Waals surface area contributed by atoms with E-state index in [1.54, 1.807) is 17.8 Å². The smallest absolute Gasteiger partial charge is 0.222 e. The Labute approximate surface area is 143 Å². The molecule has 1 aromatic carbocycles. The average Bonchev–Trinajstić information content (AvgIpc) is 2.61. The van der Waals surface area contributed by atoms with Crippen molar-refractivity contribution in [2.24, 2.45) is 10.3 Å². The summed E-state index contributed by atoms with van der Waals surface area (Å²) in [6.07, 6.45) is 1.46. The molecule has 1 aliphatic heterocycles. The van der Waals surface area contributed by atoms with Gasteiger partial charge in [-0.3, -0.25) is 0 Å². The van der Waals surface area contributed by atoms with E-state index in [0.717, 1.165) is 17.0 Å². The van der Waals surface area contributed by atoms with Gasteiger partial charge in [0, 0.05) is 23.1 Å². The Balaban J connectivity index is 1.97. The maximum absolute atomic E-state index is 5.92. The lowest BCUT2D eigenvalue weighted by molar-refractivity contribution is 0.160. The van der Waals surface area contributed by atoms with E-state index in [9.17, 15) is 0 Å². The number of benzene rings is 1. The molecule has 0 bridgehead atoms. The summed E-state index contributed by atoms with van der Waals surface area (Å²) in [5.41, 5.74) is 2.12. The standard InChI is InChI=1S/C16H16N4O3S/c1-11-9-14(18-10-17-11)23-13-6-4-3-5-12(13)15(19-21-2)16-20-22-7-8-24-16/h3-6,9-10H,7-8H2,1-2H3. The average molecular weight is 344 g/mol. The molecule has 7 nitrogen and oxygen atoms in total. The Bertz CT molecular complexity index is 779. The van der Waals surface area contributed by atoms with Gasteiger partial charge in [0.05, 0.1) is 0 Å². The second-order valence-electron chi connectivity index (χ2n) is 4.80. The Kier molecular flexibility index (Phi) is 5.27. The minimum Gasteiger partial charge on any atom is -0.438 e. The number of para-hydroxylation sites is 1. The van der Waals surface area contributed by atoms with Crippen LogP contribution >= 0.6 is 11.8 Å². The van der Waals surface area contributed by atoms with E-state index in [0.29, 0.717) is 29.0 Å². The molecule has 3 rings (SSSR count). The van der Waals surface area contributed by atoms with Crippen LogP contribution in [0.25, 0.3) is 0 Å². The van der Waals surface area contributed by atoms with Gasteiger partial charge in [0.1, 0.15) is 31.5 Å². The Morgan fingerprint density at radius 1 is 1.29 bits per heavy atom. The van der Waals surface area contributed by atoms with Crippen LogP contribution in [0.1, 0.15) is 11.3 Å². The number of rotatable bonds is 5. The Hall–Kier alpha value is -2.61. The molecule has 0 amide bonds. The highest BCUT2D eigenvalue weighted by Gasteiger charge is 2.21. The van der Waals surface area contributed by atoms with Gasteiger partial charge >= 0.3 is 0 Å². The molecule has 2 aromatic rings. The van der Waals surface area contributed by atoms with Gasteiger partial charge in [0.25, 0.3) is 0 Å². The molecule has 1 aromatic heterocycles.